The molecule has 2 nitrogen and oxygen atoms in total. The molecule has 1 aromatic carbocycles. The van der Waals surface area contributed by atoms with Crippen molar-refractivity contribution < 1.29 is 0 Å². The lowest BCUT2D eigenvalue weighted by atomic mass is 9.93. The minimum absolute atomic E-state index is 0.257. The molecule has 90 valence electrons. The zero-order valence-corrected chi connectivity index (χ0v) is 11.3. The summed E-state index contributed by atoms with van der Waals surface area (Å²) in [6, 6.07) is 8.06. The van der Waals surface area contributed by atoms with Crippen molar-refractivity contribution in [2.45, 2.75) is 20.8 Å². The Kier molecular flexibility index (Phi) is 3.36. The molecule has 1 heterocycles. The monoisotopic (exact) mass is 256 g/mol. The summed E-state index contributed by atoms with van der Waals surface area (Å²) in [5.74, 6) is 0. The fourth-order valence-corrected chi connectivity index (χ4v) is 2.22. The minimum atomic E-state index is 0.257. The summed E-state index contributed by atoms with van der Waals surface area (Å²) in [7, 11) is 0. The quantitative estimate of drug-likeness (QED) is 0.717. The van der Waals surface area contributed by atoms with E-state index in [1.54, 1.807) is 6.20 Å². The van der Waals surface area contributed by atoms with Crippen molar-refractivity contribution in [2.75, 3.05) is 0 Å². The molecule has 0 atom stereocenters. The van der Waals surface area contributed by atoms with Crippen LogP contribution in [0.2, 0.25) is 5.15 Å². The van der Waals surface area contributed by atoms with Crippen LogP contribution in [-0.2, 0) is 0 Å². The van der Waals surface area contributed by atoms with E-state index in [1.165, 1.54) is 16.7 Å². The van der Waals surface area contributed by atoms with Crippen molar-refractivity contribution in [3.63, 3.8) is 0 Å². The normalized spacial score (nSPS) is 10.2. The number of aromatic nitrogens is 1. The zero-order chi connectivity index (χ0) is 13.3. The van der Waals surface area contributed by atoms with Crippen LogP contribution in [-0.4, -0.2) is 4.98 Å². The Morgan fingerprint density at radius 2 is 1.78 bits per heavy atom. The predicted octanol–water partition coefficient (Wildman–Crippen LogP) is 4.20. The van der Waals surface area contributed by atoms with Gasteiger partial charge in [-0.15, -0.1) is 0 Å². The van der Waals surface area contributed by atoms with Gasteiger partial charge >= 0.3 is 0 Å². The summed E-state index contributed by atoms with van der Waals surface area (Å²) in [5, 5.41) is 9.46. The summed E-state index contributed by atoms with van der Waals surface area (Å²) >= 11 is 5.97. The van der Waals surface area contributed by atoms with Gasteiger partial charge in [0, 0.05) is 11.8 Å². The molecule has 0 amide bonds. The first-order valence-corrected chi connectivity index (χ1v) is 6.06. The smallest absolute Gasteiger partial charge is 0.147 e. The van der Waals surface area contributed by atoms with Crippen molar-refractivity contribution >= 4 is 11.6 Å². The van der Waals surface area contributed by atoms with E-state index in [0.717, 1.165) is 11.1 Å². The Morgan fingerprint density at radius 3 is 2.44 bits per heavy atom. The number of aryl methyl sites for hydroxylation is 1. The van der Waals surface area contributed by atoms with Crippen molar-refractivity contribution in [1.82, 2.24) is 4.98 Å². The number of pyridine rings is 1. The van der Waals surface area contributed by atoms with Crippen LogP contribution >= 0.6 is 11.6 Å². The average Bonchev–Trinajstić information content (AvgIpc) is 2.36. The molecule has 0 aliphatic heterocycles. The highest BCUT2D eigenvalue weighted by Gasteiger charge is 2.13. The minimum Gasteiger partial charge on any atom is -0.243 e. The van der Waals surface area contributed by atoms with Gasteiger partial charge in [0.1, 0.15) is 11.2 Å². The lowest BCUT2D eigenvalue weighted by Crippen LogP contribution is -1.94. The van der Waals surface area contributed by atoms with E-state index >= 15 is 0 Å². The average molecular weight is 257 g/mol. The third-order valence-electron chi connectivity index (χ3n) is 3.36. The predicted molar refractivity (Wildman–Crippen MR) is 73.6 cm³/mol. The van der Waals surface area contributed by atoms with Gasteiger partial charge in [0.15, 0.2) is 0 Å². The molecule has 0 radical (unpaired) electrons. The van der Waals surface area contributed by atoms with Gasteiger partial charge in [-0.3, -0.25) is 0 Å². The van der Waals surface area contributed by atoms with Crippen LogP contribution in [0.4, 0.5) is 0 Å². The standard InChI is InChI=1S/C15H13ClN2/c1-9-4-5-12(11(3)10(9)2)13-6-7-18-15(16)14(13)8-17/h4-7H,1-3H3. The molecule has 3 heteroatoms. The van der Waals surface area contributed by atoms with Gasteiger partial charge in [0.05, 0.1) is 5.56 Å². The maximum absolute atomic E-state index is 9.20. The maximum Gasteiger partial charge on any atom is 0.147 e. The molecule has 2 aromatic rings. The molecule has 2 rings (SSSR count). The third kappa shape index (κ3) is 1.98. The van der Waals surface area contributed by atoms with Gasteiger partial charge in [-0.05, 0) is 49.1 Å². The molecule has 0 fully saturated rings. The number of nitriles is 1. The first-order valence-electron chi connectivity index (χ1n) is 5.68. The molecule has 0 bridgehead atoms. The molecule has 0 saturated carbocycles. The Labute approximate surface area is 112 Å². The summed E-state index contributed by atoms with van der Waals surface area (Å²) in [6.07, 6.45) is 1.63. The second kappa shape index (κ2) is 4.80. The molecular formula is C15H13ClN2. The number of hydrogen-bond donors (Lipinski definition) is 0. The molecule has 0 saturated heterocycles. The SMILES string of the molecule is Cc1ccc(-c2ccnc(Cl)c2C#N)c(C)c1C. The van der Waals surface area contributed by atoms with E-state index in [-0.39, 0.29) is 5.15 Å². The summed E-state index contributed by atoms with van der Waals surface area (Å²) in [5.41, 5.74) is 5.98. The van der Waals surface area contributed by atoms with Gasteiger partial charge in [0.25, 0.3) is 0 Å². The molecule has 1 aromatic heterocycles. The molecule has 0 spiro atoms. The lowest BCUT2D eigenvalue weighted by molar-refractivity contribution is 1.25. The molecule has 0 unspecified atom stereocenters. The first kappa shape index (κ1) is 12.6. The van der Waals surface area contributed by atoms with Crippen molar-refractivity contribution in [1.29, 1.82) is 5.26 Å². The van der Waals surface area contributed by atoms with Crippen molar-refractivity contribution in [2.24, 2.45) is 0 Å². The van der Waals surface area contributed by atoms with E-state index in [1.807, 2.05) is 12.1 Å². The van der Waals surface area contributed by atoms with Gasteiger partial charge in [-0.2, -0.15) is 5.26 Å². The molecule has 0 aliphatic carbocycles. The lowest BCUT2D eigenvalue weighted by Gasteiger charge is -2.12. The summed E-state index contributed by atoms with van der Waals surface area (Å²) in [6.45, 7) is 6.23. The van der Waals surface area contributed by atoms with E-state index in [0.29, 0.717) is 5.56 Å². The van der Waals surface area contributed by atoms with Crippen molar-refractivity contribution in [3.05, 3.63) is 51.8 Å². The van der Waals surface area contributed by atoms with E-state index in [4.69, 9.17) is 11.6 Å². The Bertz CT molecular complexity index is 654. The third-order valence-corrected chi connectivity index (χ3v) is 3.65. The second-order valence-electron chi connectivity index (χ2n) is 4.32. The van der Waals surface area contributed by atoms with E-state index in [9.17, 15) is 5.26 Å². The van der Waals surface area contributed by atoms with Crippen LogP contribution < -0.4 is 0 Å². The van der Waals surface area contributed by atoms with Gasteiger partial charge in [-0.25, -0.2) is 4.98 Å². The Morgan fingerprint density at radius 1 is 1.06 bits per heavy atom. The highest BCUT2D eigenvalue weighted by Crippen LogP contribution is 2.31. The second-order valence-corrected chi connectivity index (χ2v) is 4.67. The summed E-state index contributed by atoms with van der Waals surface area (Å²) < 4.78 is 0. The van der Waals surface area contributed by atoms with E-state index in [2.05, 4.69) is 37.9 Å². The largest absolute Gasteiger partial charge is 0.243 e. The highest BCUT2D eigenvalue weighted by atomic mass is 35.5. The van der Waals surface area contributed by atoms with Gasteiger partial charge < -0.3 is 0 Å². The highest BCUT2D eigenvalue weighted by molar-refractivity contribution is 6.31. The molecule has 0 N–H and O–H groups in total. The number of benzene rings is 1. The molecular weight excluding hydrogens is 244 g/mol. The van der Waals surface area contributed by atoms with E-state index < -0.39 is 0 Å². The number of hydrogen-bond acceptors (Lipinski definition) is 2. The molecule has 18 heavy (non-hydrogen) atoms. The molecule has 0 aliphatic rings. The van der Waals surface area contributed by atoms with Gasteiger partial charge in [-0.1, -0.05) is 23.7 Å². The number of halogens is 1. The fourth-order valence-electron chi connectivity index (χ4n) is 2.01. The van der Waals surface area contributed by atoms with Crippen LogP contribution in [0.25, 0.3) is 11.1 Å². The van der Waals surface area contributed by atoms with Gasteiger partial charge in [0.2, 0.25) is 0 Å². The Hall–Kier alpha value is -1.85. The topological polar surface area (TPSA) is 36.7 Å². The van der Waals surface area contributed by atoms with Crippen LogP contribution in [0.1, 0.15) is 22.3 Å². The number of nitrogens with zero attached hydrogens (tertiary/aromatic N) is 2. The summed E-state index contributed by atoms with van der Waals surface area (Å²) in [4.78, 5) is 3.95. The van der Waals surface area contributed by atoms with Crippen molar-refractivity contribution in [3.8, 4) is 17.2 Å². The van der Waals surface area contributed by atoms with Crippen LogP contribution in [0.15, 0.2) is 24.4 Å². The first-order chi connectivity index (χ1) is 8.56. The van der Waals surface area contributed by atoms with Crippen LogP contribution in [0.5, 0.6) is 0 Å². The number of rotatable bonds is 1. The van der Waals surface area contributed by atoms with Crippen LogP contribution in [0, 0.1) is 32.1 Å². The maximum atomic E-state index is 9.20. The fraction of sp³-hybridized carbons (Fsp3) is 0.200. The van der Waals surface area contributed by atoms with Crippen LogP contribution in [0.3, 0.4) is 0 Å². The Balaban J connectivity index is 2.75. The zero-order valence-electron chi connectivity index (χ0n) is 10.6.